The molecule has 4 heteroatoms. The minimum absolute atomic E-state index is 0.00838. The first-order valence-corrected chi connectivity index (χ1v) is 5.15. The van der Waals surface area contributed by atoms with Crippen LogP contribution in [-0.2, 0) is 0 Å². The Hall–Kier alpha value is -0.900. The van der Waals surface area contributed by atoms with E-state index in [1.54, 1.807) is 12.3 Å². The van der Waals surface area contributed by atoms with Gasteiger partial charge in [-0.25, -0.2) is 0 Å². The highest BCUT2D eigenvalue weighted by molar-refractivity contribution is 9.09. The van der Waals surface area contributed by atoms with E-state index in [0.717, 1.165) is 0 Å². The molecule has 0 atom stereocenters. The number of nitrogens with zero attached hydrogens (tertiary/aromatic N) is 1. The lowest BCUT2D eigenvalue weighted by Crippen LogP contribution is -2.47. The van der Waals surface area contributed by atoms with Crippen LogP contribution < -0.4 is 9.57 Å². The van der Waals surface area contributed by atoms with Crippen molar-refractivity contribution in [3.8, 4) is 0 Å². The molecule has 0 aliphatic rings. The van der Waals surface area contributed by atoms with Crippen molar-refractivity contribution in [1.82, 2.24) is 0 Å². The van der Waals surface area contributed by atoms with Gasteiger partial charge in [-0.2, -0.15) is 0 Å². The van der Waals surface area contributed by atoms with Gasteiger partial charge in [0, 0.05) is 16.9 Å². The van der Waals surface area contributed by atoms with Crippen LogP contribution in [0.3, 0.4) is 0 Å². The molecule has 0 spiro atoms. The molecule has 1 heterocycles. The second kappa shape index (κ2) is 4.97. The van der Waals surface area contributed by atoms with Gasteiger partial charge in [0.2, 0.25) is 12.0 Å². The molecule has 0 amide bonds. The number of carbonyl (C=O) groups is 1. The zero-order valence-electron chi connectivity index (χ0n) is 7.37. The average molecular weight is 245 g/mol. The lowest BCUT2D eigenvalue weighted by atomic mass is 10.3. The van der Waals surface area contributed by atoms with E-state index in [-0.39, 0.29) is 5.78 Å². The summed E-state index contributed by atoms with van der Waals surface area (Å²) in [6.45, 7) is 2.42. The minimum atomic E-state index is 0.00838. The molecular weight excluding hydrogens is 234 g/mol. The Bertz CT molecular complexity index is 301. The van der Waals surface area contributed by atoms with Gasteiger partial charge in [-0.1, -0.05) is 15.9 Å². The quantitative estimate of drug-likeness (QED) is 0.450. The van der Waals surface area contributed by atoms with E-state index in [1.165, 1.54) is 4.73 Å². The lowest BCUT2D eigenvalue weighted by molar-refractivity contribution is -0.891. The van der Waals surface area contributed by atoms with Crippen molar-refractivity contribution in [3.05, 3.63) is 30.1 Å². The highest BCUT2D eigenvalue weighted by Gasteiger charge is 2.18. The fourth-order valence-electron chi connectivity index (χ4n) is 0.964. The largest absolute Gasteiger partial charge is 0.300 e. The highest BCUT2D eigenvalue weighted by Crippen LogP contribution is 1.95. The second-order valence-electron chi connectivity index (χ2n) is 2.39. The van der Waals surface area contributed by atoms with Crippen LogP contribution in [0, 0.1) is 0 Å². The summed E-state index contributed by atoms with van der Waals surface area (Å²) in [5.74, 6) is 0.00838. The molecule has 0 aliphatic heterocycles. The van der Waals surface area contributed by atoms with Crippen LogP contribution in [0.4, 0.5) is 0 Å². The fourth-order valence-corrected chi connectivity index (χ4v) is 1.25. The number of carbonyl (C=O) groups excluding carboxylic acids is 1. The summed E-state index contributed by atoms with van der Waals surface area (Å²) < 4.78 is 1.49. The topological polar surface area (TPSA) is 30.2 Å². The highest BCUT2D eigenvalue weighted by atomic mass is 79.9. The summed E-state index contributed by atoms with van der Waals surface area (Å²) in [4.78, 5) is 16.6. The molecule has 1 aromatic heterocycles. The van der Waals surface area contributed by atoms with E-state index in [1.807, 2.05) is 19.1 Å². The van der Waals surface area contributed by atoms with Gasteiger partial charge in [0.05, 0.1) is 5.33 Å². The normalized spacial score (nSPS) is 9.69. The van der Waals surface area contributed by atoms with E-state index in [4.69, 9.17) is 4.84 Å². The summed E-state index contributed by atoms with van der Waals surface area (Å²) in [6, 6.07) is 5.37. The van der Waals surface area contributed by atoms with Crippen molar-refractivity contribution in [2.24, 2.45) is 0 Å². The molecule has 1 rings (SSSR count). The van der Waals surface area contributed by atoms with Gasteiger partial charge in [-0.3, -0.25) is 9.63 Å². The number of hydrogen-bond acceptors (Lipinski definition) is 2. The first-order valence-electron chi connectivity index (χ1n) is 4.02. The van der Waals surface area contributed by atoms with Crippen molar-refractivity contribution in [3.63, 3.8) is 0 Å². The summed E-state index contributed by atoms with van der Waals surface area (Å²) in [5.41, 5.74) is 0.557. The standard InChI is InChI=1S/C9H11BrNO2/c1-2-13-11-6-4-3-5-8(11)9(12)7-10/h3-6H,2,7H2,1H3/q+1. The van der Waals surface area contributed by atoms with Gasteiger partial charge in [0.25, 0.3) is 0 Å². The predicted molar refractivity (Wildman–Crippen MR) is 51.9 cm³/mol. The van der Waals surface area contributed by atoms with Gasteiger partial charge >= 0.3 is 5.69 Å². The number of ketones is 1. The van der Waals surface area contributed by atoms with Crippen molar-refractivity contribution >= 4 is 21.7 Å². The molecule has 3 nitrogen and oxygen atoms in total. The number of halogens is 1. The zero-order chi connectivity index (χ0) is 9.68. The maximum absolute atomic E-state index is 11.4. The third-order valence-corrected chi connectivity index (χ3v) is 2.01. The molecule has 0 saturated carbocycles. The summed E-state index contributed by atoms with van der Waals surface area (Å²) in [5, 5.41) is 0.310. The van der Waals surface area contributed by atoms with Gasteiger partial charge in [-0.05, 0) is 13.0 Å². The van der Waals surface area contributed by atoms with Crippen LogP contribution >= 0.6 is 15.9 Å². The number of pyridine rings is 1. The Morgan fingerprint density at radius 1 is 1.62 bits per heavy atom. The third-order valence-electron chi connectivity index (χ3n) is 1.50. The molecular formula is C9H11BrNO2+. The number of Topliss-reactive ketones (excluding diaryl/α,β-unsaturated/α-hetero) is 1. The van der Waals surface area contributed by atoms with Crippen LogP contribution in [0.2, 0.25) is 0 Å². The van der Waals surface area contributed by atoms with Crippen molar-refractivity contribution in [1.29, 1.82) is 0 Å². The molecule has 0 bridgehead atoms. The molecule has 0 N–H and O–H groups in total. The molecule has 13 heavy (non-hydrogen) atoms. The van der Waals surface area contributed by atoms with Gasteiger partial charge in [0.1, 0.15) is 0 Å². The summed E-state index contributed by atoms with van der Waals surface area (Å²) >= 11 is 3.12. The van der Waals surface area contributed by atoms with Gasteiger partial charge < -0.3 is 0 Å². The molecule has 0 saturated heterocycles. The third kappa shape index (κ3) is 2.52. The van der Waals surface area contributed by atoms with Crippen LogP contribution in [-0.4, -0.2) is 17.7 Å². The van der Waals surface area contributed by atoms with Crippen molar-refractivity contribution < 1.29 is 14.4 Å². The SMILES string of the molecule is CCO[n+]1ccccc1C(=O)CBr. The van der Waals surface area contributed by atoms with E-state index >= 15 is 0 Å². The lowest BCUT2D eigenvalue weighted by Gasteiger charge is -1.97. The van der Waals surface area contributed by atoms with Crippen LogP contribution in [0.1, 0.15) is 17.4 Å². The Kier molecular flexibility index (Phi) is 3.89. The first-order chi connectivity index (χ1) is 6.29. The maximum atomic E-state index is 11.4. The van der Waals surface area contributed by atoms with E-state index < -0.39 is 0 Å². The molecule has 0 unspecified atom stereocenters. The fraction of sp³-hybridized carbons (Fsp3) is 0.333. The number of aromatic nitrogens is 1. The maximum Gasteiger partial charge on any atom is 0.300 e. The summed E-state index contributed by atoms with van der Waals surface area (Å²) in [6.07, 6.45) is 1.72. The van der Waals surface area contributed by atoms with E-state index in [2.05, 4.69) is 15.9 Å². The summed E-state index contributed by atoms with van der Waals surface area (Å²) in [7, 11) is 0. The number of alkyl halides is 1. The van der Waals surface area contributed by atoms with Gasteiger partial charge in [0.15, 0.2) is 6.61 Å². The van der Waals surface area contributed by atoms with Crippen molar-refractivity contribution in [2.75, 3.05) is 11.9 Å². The second-order valence-corrected chi connectivity index (χ2v) is 2.95. The number of hydrogen-bond donors (Lipinski definition) is 0. The Balaban J connectivity index is 2.97. The molecule has 0 aliphatic carbocycles. The molecule has 0 radical (unpaired) electrons. The molecule has 0 fully saturated rings. The molecule has 0 aromatic carbocycles. The average Bonchev–Trinajstić information content (AvgIpc) is 2.18. The Morgan fingerprint density at radius 2 is 2.38 bits per heavy atom. The van der Waals surface area contributed by atoms with E-state index in [9.17, 15) is 4.79 Å². The molecule has 1 aromatic rings. The smallest absolute Gasteiger partial charge is 0.286 e. The van der Waals surface area contributed by atoms with Crippen molar-refractivity contribution in [2.45, 2.75) is 6.92 Å². The van der Waals surface area contributed by atoms with Crippen LogP contribution in [0.25, 0.3) is 0 Å². The Labute approximate surface area is 85.4 Å². The Morgan fingerprint density at radius 3 is 3.00 bits per heavy atom. The predicted octanol–water partition coefficient (Wildman–Crippen LogP) is 1.00. The van der Waals surface area contributed by atoms with E-state index in [0.29, 0.717) is 17.6 Å². The van der Waals surface area contributed by atoms with Gasteiger partial charge in [-0.15, -0.1) is 0 Å². The monoisotopic (exact) mass is 244 g/mol. The minimum Gasteiger partial charge on any atom is -0.286 e. The first kappa shape index (κ1) is 10.2. The zero-order valence-corrected chi connectivity index (χ0v) is 8.95. The molecule has 70 valence electrons. The van der Waals surface area contributed by atoms with Crippen LogP contribution in [0.5, 0.6) is 0 Å². The number of rotatable bonds is 4. The van der Waals surface area contributed by atoms with Crippen LogP contribution in [0.15, 0.2) is 24.4 Å².